The summed E-state index contributed by atoms with van der Waals surface area (Å²) in [6.45, 7) is 3.50. The topological polar surface area (TPSA) is 50.4 Å². The monoisotopic (exact) mass is 324 g/mol. The van der Waals surface area contributed by atoms with Gasteiger partial charge in [-0.05, 0) is 24.1 Å². The first kappa shape index (κ1) is 16.5. The molecule has 4 nitrogen and oxygen atoms in total. The van der Waals surface area contributed by atoms with Gasteiger partial charge in [0.05, 0.1) is 19.1 Å². The van der Waals surface area contributed by atoms with Gasteiger partial charge in [0.1, 0.15) is 5.75 Å². The fraction of sp³-hybridized carbons (Fsp3) is 0.350. The lowest BCUT2D eigenvalue weighted by molar-refractivity contribution is -0.125. The van der Waals surface area contributed by atoms with Gasteiger partial charge in [-0.3, -0.25) is 4.79 Å². The van der Waals surface area contributed by atoms with E-state index in [1.165, 1.54) is 0 Å². The minimum Gasteiger partial charge on any atom is -0.496 e. The zero-order valence-electron chi connectivity index (χ0n) is 14.2. The van der Waals surface area contributed by atoms with Crippen molar-refractivity contribution in [2.45, 2.75) is 18.9 Å². The Morgan fingerprint density at radius 1 is 1.12 bits per heavy atom. The number of nitrogens with one attached hydrogen (secondary N) is 2. The highest BCUT2D eigenvalue weighted by Gasteiger charge is 2.35. The summed E-state index contributed by atoms with van der Waals surface area (Å²) >= 11 is 0. The van der Waals surface area contributed by atoms with Gasteiger partial charge in [-0.1, -0.05) is 48.5 Å². The summed E-state index contributed by atoms with van der Waals surface area (Å²) < 4.78 is 5.48. The molecular weight excluding hydrogens is 300 g/mol. The molecule has 0 bridgehead atoms. The van der Waals surface area contributed by atoms with E-state index in [0.717, 1.165) is 23.4 Å². The van der Waals surface area contributed by atoms with Crippen molar-refractivity contribution in [2.75, 3.05) is 20.2 Å². The van der Waals surface area contributed by atoms with Gasteiger partial charge in [0.25, 0.3) is 0 Å². The molecule has 1 aliphatic rings. The molecule has 0 radical (unpaired) electrons. The van der Waals surface area contributed by atoms with Crippen LogP contribution in [0.3, 0.4) is 0 Å². The molecule has 1 amide bonds. The Hall–Kier alpha value is -2.33. The van der Waals surface area contributed by atoms with Crippen LogP contribution >= 0.6 is 0 Å². The van der Waals surface area contributed by atoms with Crippen molar-refractivity contribution in [1.82, 2.24) is 10.6 Å². The first-order valence-corrected chi connectivity index (χ1v) is 8.39. The molecule has 126 valence electrons. The summed E-state index contributed by atoms with van der Waals surface area (Å²) in [6.07, 6.45) is 0. The minimum absolute atomic E-state index is 0.00220. The molecule has 1 aliphatic heterocycles. The summed E-state index contributed by atoms with van der Waals surface area (Å²) in [5, 5.41) is 6.51. The number of methoxy groups -OCH3 is 1. The molecule has 2 aromatic carbocycles. The summed E-state index contributed by atoms with van der Waals surface area (Å²) in [7, 11) is 1.67. The number of rotatable bonds is 5. The maximum atomic E-state index is 12.8. The summed E-state index contributed by atoms with van der Waals surface area (Å²) in [4.78, 5) is 12.8. The normalized spacial score (nSPS) is 21.2. The molecule has 0 aliphatic carbocycles. The molecule has 3 rings (SSSR count). The Morgan fingerprint density at radius 3 is 2.58 bits per heavy atom. The smallest absolute Gasteiger partial charge is 0.225 e. The van der Waals surface area contributed by atoms with Crippen LogP contribution in [0.25, 0.3) is 0 Å². The van der Waals surface area contributed by atoms with Crippen molar-refractivity contribution >= 4 is 5.91 Å². The lowest BCUT2D eigenvalue weighted by Crippen LogP contribution is -2.36. The van der Waals surface area contributed by atoms with Gasteiger partial charge >= 0.3 is 0 Å². The summed E-state index contributed by atoms with van der Waals surface area (Å²) in [5.74, 6) is 0.976. The average Bonchev–Trinajstić information content (AvgIpc) is 3.12. The summed E-state index contributed by atoms with van der Waals surface area (Å²) in [6, 6.07) is 18.0. The van der Waals surface area contributed by atoms with Crippen LogP contribution in [0, 0.1) is 5.92 Å². The number of carbonyl (C=O) groups is 1. The predicted octanol–water partition coefficient (Wildman–Crippen LogP) is 2.88. The van der Waals surface area contributed by atoms with E-state index >= 15 is 0 Å². The first-order chi connectivity index (χ1) is 11.7. The fourth-order valence-electron chi connectivity index (χ4n) is 3.40. The molecule has 0 saturated carbocycles. The molecule has 1 fully saturated rings. The SMILES string of the molecule is COc1ccccc1C1CNCC1C(=O)NC(C)c1ccccc1. The van der Waals surface area contributed by atoms with Crippen molar-refractivity contribution in [3.8, 4) is 5.75 Å². The third-order valence-electron chi connectivity index (χ3n) is 4.75. The van der Waals surface area contributed by atoms with Crippen molar-refractivity contribution in [1.29, 1.82) is 0 Å². The second-order valence-corrected chi connectivity index (χ2v) is 6.25. The maximum absolute atomic E-state index is 12.8. The highest BCUT2D eigenvalue weighted by molar-refractivity contribution is 5.81. The number of hydrogen-bond acceptors (Lipinski definition) is 3. The Balaban J connectivity index is 1.74. The molecule has 0 spiro atoms. The van der Waals surface area contributed by atoms with Crippen LogP contribution in [0.4, 0.5) is 0 Å². The zero-order valence-corrected chi connectivity index (χ0v) is 14.2. The van der Waals surface area contributed by atoms with Crippen LogP contribution in [0.15, 0.2) is 54.6 Å². The second-order valence-electron chi connectivity index (χ2n) is 6.25. The van der Waals surface area contributed by atoms with E-state index in [1.54, 1.807) is 7.11 Å². The van der Waals surface area contributed by atoms with E-state index in [0.29, 0.717) is 6.54 Å². The number of carbonyl (C=O) groups excluding carboxylic acids is 1. The van der Waals surface area contributed by atoms with Gasteiger partial charge in [0, 0.05) is 19.0 Å². The lowest BCUT2D eigenvalue weighted by Gasteiger charge is -2.23. The van der Waals surface area contributed by atoms with Crippen LogP contribution in [0.2, 0.25) is 0 Å². The zero-order chi connectivity index (χ0) is 16.9. The third kappa shape index (κ3) is 3.44. The van der Waals surface area contributed by atoms with E-state index in [9.17, 15) is 4.79 Å². The number of hydrogen-bond donors (Lipinski definition) is 2. The predicted molar refractivity (Wildman–Crippen MR) is 95.1 cm³/mol. The van der Waals surface area contributed by atoms with E-state index in [1.807, 2.05) is 55.5 Å². The quantitative estimate of drug-likeness (QED) is 0.889. The van der Waals surface area contributed by atoms with Crippen LogP contribution in [-0.4, -0.2) is 26.1 Å². The van der Waals surface area contributed by atoms with Crippen LogP contribution in [-0.2, 0) is 4.79 Å². The standard InChI is InChI=1S/C20H24N2O2/c1-14(15-8-4-3-5-9-15)22-20(23)18-13-21-12-17(18)16-10-6-7-11-19(16)24-2/h3-11,14,17-18,21H,12-13H2,1-2H3,(H,22,23). The largest absolute Gasteiger partial charge is 0.496 e. The molecule has 24 heavy (non-hydrogen) atoms. The molecule has 4 heteroatoms. The van der Waals surface area contributed by atoms with Crippen molar-refractivity contribution in [3.63, 3.8) is 0 Å². The van der Waals surface area contributed by atoms with E-state index < -0.39 is 0 Å². The molecular formula is C20H24N2O2. The molecule has 1 saturated heterocycles. The van der Waals surface area contributed by atoms with Gasteiger partial charge in [-0.2, -0.15) is 0 Å². The molecule has 1 heterocycles. The second kappa shape index (κ2) is 7.49. The minimum atomic E-state index is -0.0903. The highest BCUT2D eigenvalue weighted by Crippen LogP contribution is 2.34. The molecule has 2 aromatic rings. The van der Waals surface area contributed by atoms with Crippen LogP contribution < -0.4 is 15.4 Å². The van der Waals surface area contributed by atoms with Crippen LogP contribution in [0.5, 0.6) is 5.75 Å². The van der Waals surface area contributed by atoms with E-state index in [2.05, 4.69) is 16.7 Å². The Bertz CT molecular complexity index is 687. The highest BCUT2D eigenvalue weighted by atomic mass is 16.5. The molecule has 3 atom stereocenters. The number of benzene rings is 2. The van der Waals surface area contributed by atoms with Crippen molar-refractivity contribution in [3.05, 3.63) is 65.7 Å². The van der Waals surface area contributed by atoms with Crippen molar-refractivity contribution < 1.29 is 9.53 Å². The van der Waals surface area contributed by atoms with Gasteiger partial charge < -0.3 is 15.4 Å². The van der Waals surface area contributed by atoms with Crippen LogP contribution in [0.1, 0.15) is 30.0 Å². The van der Waals surface area contributed by atoms with E-state index in [4.69, 9.17) is 4.74 Å². The lowest BCUT2D eigenvalue weighted by atomic mass is 9.87. The number of ether oxygens (including phenoxy) is 1. The first-order valence-electron chi connectivity index (χ1n) is 8.39. The Morgan fingerprint density at radius 2 is 1.83 bits per heavy atom. The van der Waals surface area contributed by atoms with E-state index in [-0.39, 0.29) is 23.8 Å². The number of amides is 1. The van der Waals surface area contributed by atoms with Gasteiger partial charge in [0.2, 0.25) is 5.91 Å². The average molecular weight is 324 g/mol. The van der Waals surface area contributed by atoms with Gasteiger partial charge in [-0.15, -0.1) is 0 Å². The summed E-state index contributed by atoms with van der Waals surface area (Å²) in [5.41, 5.74) is 2.21. The molecule has 2 N–H and O–H groups in total. The molecule has 0 aromatic heterocycles. The number of para-hydroxylation sites is 1. The third-order valence-corrected chi connectivity index (χ3v) is 4.75. The molecule has 3 unspecified atom stereocenters. The maximum Gasteiger partial charge on any atom is 0.225 e. The Kier molecular flexibility index (Phi) is 5.16. The van der Waals surface area contributed by atoms with Crippen molar-refractivity contribution in [2.24, 2.45) is 5.92 Å². The van der Waals surface area contributed by atoms with Gasteiger partial charge in [0.15, 0.2) is 0 Å². The fourth-order valence-corrected chi connectivity index (χ4v) is 3.40. The van der Waals surface area contributed by atoms with Gasteiger partial charge in [-0.25, -0.2) is 0 Å². The Labute approximate surface area is 143 Å².